The van der Waals surface area contributed by atoms with Gasteiger partial charge < -0.3 is 5.32 Å². The fourth-order valence-electron chi connectivity index (χ4n) is 1.09. The molecule has 66 valence electrons. The molecule has 1 N–H and O–H groups in total. The highest BCUT2D eigenvalue weighted by Gasteiger charge is 1.95. The molecule has 0 aliphatic rings. The number of anilines is 2. The van der Waals surface area contributed by atoms with Crippen molar-refractivity contribution in [1.82, 2.24) is 4.98 Å². The summed E-state index contributed by atoms with van der Waals surface area (Å²) in [7, 11) is 0. The van der Waals surface area contributed by atoms with Crippen molar-refractivity contribution in [3.8, 4) is 0 Å². The summed E-state index contributed by atoms with van der Waals surface area (Å²) >= 11 is 1.67. The Balaban J connectivity index is 2.19. The highest BCUT2D eigenvalue weighted by atomic mass is 32.1. The largest absolute Gasteiger partial charge is 0.332 e. The highest BCUT2D eigenvalue weighted by Crippen LogP contribution is 2.19. The molecule has 0 saturated heterocycles. The number of nitrogens with zero attached hydrogens (tertiary/aromatic N) is 1. The van der Waals surface area contributed by atoms with Gasteiger partial charge in [0, 0.05) is 5.69 Å². The maximum absolute atomic E-state index is 4.34. The van der Waals surface area contributed by atoms with Gasteiger partial charge in [0.1, 0.15) is 5.82 Å². The molecule has 13 heavy (non-hydrogen) atoms. The Bertz CT molecular complexity index is 382. The molecule has 0 unspecified atom stereocenters. The SMILES string of the molecule is Cc1cccc(Nc2cccs2)n1. The first-order chi connectivity index (χ1) is 6.34. The fourth-order valence-corrected chi connectivity index (χ4v) is 1.71. The third-order valence-corrected chi connectivity index (χ3v) is 2.45. The number of hydrogen-bond donors (Lipinski definition) is 1. The lowest BCUT2D eigenvalue weighted by Crippen LogP contribution is -1.91. The third kappa shape index (κ3) is 2.06. The van der Waals surface area contributed by atoms with Crippen LogP contribution in [-0.2, 0) is 0 Å². The van der Waals surface area contributed by atoms with Crippen LogP contribution in [0.1, 0.15) is 5.69 Å². The fraction of sp³-hybridized carbons (Fsp3) is 0.100. The molecule has 0 fully saturated rings. The van der Waals surface area contributed by atoms with Gasteiger partial charge in [-0.25, -0.2) is 4.98 Å². The molecule has 2 aromatic rings. The topological polar surface area (TPSA) is 24.9 Å². The molecule has 0 bridgehead atoms. The quantitative estimate of drug-likeness (QED) is 0.786. The number of hydrogen-bond acceptors (Lipinski definition) is 3. The Morgan fingerprint density at radius 3 is 2.85 bits per heavy atom. The summed E-state index contributed by atoms with van der Waals surface area (Å²) in [5.41, 5.74) is 1.03. The van der Waals surface area contributed by atoms with Gasteiger partial charge >= 0.3 is 0 Å². The van der Waals surface area contributed by atoms with Crippen molar-refractivity contribution in [2.24, 2.45) is 0 Å². The van der Waals surface area contributed by atoms with Crippen LogP contribution >= 0.6 is 11.3 Å². The second-order valence-corrected chi connectivity index (χ2v) is 3.71. The Morgan fingerprint density at radius 2 is 2.15 bits per heavy atom. The molecule has 0 radical (unpaired) electrons. The van der Waals surface area contributed by atoms with Crippen LogP contribution in [0.3, 0.4) is 0 Å². The molecule has 0 aliphatic heterocycles. The average molecular weight is 190 g/mol. The smallest absolute Gasteiger partial charge is 0.131 e. The molecular formula is C10H10N2S. The molecule has 2 heterocycles. The predicted octanol–water partition coefficient (Wildman–Crippen LogP) is 3.20. The predicted molar refractivity (Wildman–Crippen MR) is 56.6 cm³/mol. The van der Waals surface area contributed by atoms with E-state index in [1.54, 1.807) is 11.3 Å². The number of thiophene rings is 1. The van der Waals surface area contributed by atoms with Gasteiger partial charge in [-0.15, -0.1) is 11.3 Å². The Hall–Kier alpha value is -1.35. The Morgan fingerprint density at radius 1 is 1.23 bits per heavy atom. The molecule has 0 aromatic carbocycles. The molecule has 2 rings (SSSR count). The average Bonchev–Trinajstić information content (AvgIpc) is 2.57. The maximum Gasteiger partial charge on any atom is 0.131 e. The monoisotopic (exact) mass is 190 g/mol. The molecule has 2 nitrogen and oxygen atoms in total. The van der Waals surface area contributed by atoms with Gasteiger partial charge in [0.25, 0.3) is 0 Å². The highest BCUT2D eigenvalue weighted by molar-refractivity contribution is 7.14. The van der Waals surface area contributed by atoms with Crippen molar-refractivity contribution in [2.45, 2.75) is 6.92 Å². The van der Waals surface area contributed by atoms with Crippen molar-refractivity contribution in [3.05, 3.63) is 41.4 Å². The van der Waals surface area contributed by atoms with Crippen molar-refractivity contribution in [3.63, 3.8) is 0 Å². The van der Waals surface area contributed by atoms with Crippen LogP contribution in [0.2, 0.25) is 0 Å². The molecule has 0 aliphatic carbocycles. The van der Waals surface area contributed by atoms with Crippen molar-refractivity contribution < 1.29 is 0 Å². The van der Waals surface area contributed by atoms with Crippen LogP contribution in [0, 0.1) is 6.92 Å². The van der Waals surface area contributed by atoms with E-state index in [0.29, 0.717) is 0 Å². The summed E-state index contributed by atoms with van der Waals surface area (Å²) in [6.07, 6.45) is 0. The second-order valence-electron chi connectivity index (χ2n) is 2.77. The van der Waals surface area contributed by atoms with Gasteiger partial charge in [-0.3, -0.25) is 0 Å². The minimum absolute atomic E-state index is 0.905. The zero-order valence-corrected chi connectivity index (χ0v) is 8.14. The first-order valence-corrected chi connectivity index (χ1v) is 4.97. The molecule has 0 amide bonds. The summed E-state index contributed by atoms with van der Waals surface area (Å²) < 4.78 is 0. The normalized spacial score (nSPS) is 9.92. The Labute approximate surface area is 81.3 Å². The lowest BCUT2D eigenvalue weighted by molar-refractivity contribution is 1.20. The van der Waals surface area contributed by atoms with E-state index in [1.807, 2.05) is 42.6 Å². The van der Waals surface area contributed by atoms with E-state index < -0.39 is 0 Å². The van der Waals surface area contributed by atoms with E-state index in [1.165, 1.54) is 0 Å². The van der Waals surface area contributed by atoms with Gasteiger partial charge in [0.05, 0.1) is 5.00 Å². The van der Waals surface area contributed by atoms with Gasteiger partial charge in [0.15, 0.2) is 0 Å². The number of rotatable bonds is 2. The number of pyridine rings is 1. The summed E-state index contributed by atoms with van der Waals surface area (Å²) in [4.78, 5) is 4.34. The van der Waals surface area contributed by atoms with Crippen molar-refractivity contribution in [2.75, 3.05) is 5.32 Å². The third-order valence-electron chi connectivity index (χ3n) is 1.66. The van der Waals surface area contributed by atoms with Gasteiger partial charge in [-0.2, -0.15) is 0 Å². The Kier molecular flexibility index (Phi) is 2.27. The van der Waals surface area contributed by atoms with E-state index in [4.69, 9.17) is 0 Å². The van der Waals surface area contributed by atoms with Crippen molar-refractivity contribution in [1.29, 1.82) is 0 Å². The minimum Gasteiger partial charge on any atom is -0.332 e. The van der Waals surface area contributed by atoms with Crippen LogP contribution < -0.4 is 5.32 Å². The lowest BCUT2D eigenvalue weighted by atomic mass is 10.4. The molecule has 0 saturated carbocycles. The number of nitrogens with one attached hydrogen (secondary N) is 1. The number of aryl methyl sites for hydroxylation is 1. The standard InChI is InChI=1S/C10H10N2S/c1-8-4-2-5-9(11-8)12-10-6-3-7-13-10/h2-7H,1H3,(H,11,12). The first kappa shape index (κ1) is 8.26. The van der Waals surface area contributed by atoms with Crippen LogP contribution in [0.15, 0.2) is 35.7 Å². The molecule has 3 heteroatoms. The zero-order chi connectivity index (χ0) is 9.10. The molecule has 2 aromatic heterocycles. The first-order valence-electron chi connectivity index (χ1n) is 4.09. The van der Waals surface area contributed by atoms with Crippen LogP contribution in [0.5, 0.6) is 0 Å². The summed E-state index contributed by atoms with van der Waals surface area (Å²) in [5.74, 6) is 0.905. The van der Waals surface area contributed by atoms with E-state index >= 15 is 0 Å². The van der Waals surface area contributed by atoms with Crippen LogP contribution in [0.25, 0.3) is 0 Å². The molecule has 0 spiro atoms. The maximum atomic E-state index is 4.34. The van der Waals surface area contributed by atoms with Crippen LogP contribution in [-0.4, -0.2) is 4.98 Å². The van der Waals surface area contributed by atoms with E-state index in [2.05, 4.69) is 10.3 Å². The van der Waals surface area contributed by atoms with Gasteiger partial charge in [-0.1, -0.05) is 6.07 Å². The van der Waals surface area contributed by atoms with E-state index in [9.17, 15) is 0 Å². The lowest BCUT2D eigenvalue weighted by Gasteiger charge is -2.02. The summed E-state index contributed by atoms with van der Waals surface area (Å²) in [6, 6.07) is 10.0. The van der Waals surface area contributed by atoms with Gasteiger partial charge in [0.2, 0.25) is 0 Å². The van der Waals surface area contributed by atoms with Crippen LogP contribution in [0.4, 0.5) is 10.8 Å². The summed E-state index contributed by atoms with van der Waals surface area (Å²) in [5, 5.41) is 6.40. The van der Waals surface area contributed by atoms with Crippen molar-refractivity contribution >= 4 is 22.2 Å². The molecule has 0 atom stereocenters. The zero-order valence-electron chi connectivity index (χ0n) is 7.32. The van der Waals surface area contributed by atoms with E-state index in [-0.39, 0.29) is 0 Å². The number of aromatic nitrogens is 1. The second kappa shape index (κ2) is 3.58. The summed E-state index contributed by atoms with van der Waals surface area (Å²) in [6.45, 7) is 1.99. The van der Waals surface area contributed by atoms with E-state index in [0.717, 1.165) is 16.5 Å². The van der Waals surface area contributed by atoms with Gasteiger partial charge in [-0.05, 0) is 36.6 Å². The minimum atomic E-state index is 0.905. The molecular weight excluding hydrogens is 180 g/mol.